The molecule has 3 rings (SSSR count). The van der Waals surface area contributed by atoms with Gasteiger partial charge < -0.3 is 15.5 Å². The number of benzene rings is 1. The van der Waals surface area contributed by atoms with Crippen molar-refractivity contribution in [2.24, 2.45) is 0 Å². The van der Waals surface area contributed by atoms with Gasteiger partial charge >= 0.3 is 0 Å². The van der Waals surface area contributed by atoms with Crippen LogP contribution in [0, 0.1) is 0 Å². The first kappa shape index (κ1) is 18.7. The zero-order valence-corrected chi connectivity index (χ0v) is 15.7. The van der Waals surface area contributed by atoms with Crippen LogP contribution in [0.5, 0.6) is 0 Å². The molecular weight excluding hydrogens is 328 g/mol. The van der Waals surface area contributed by atoms with Gasteiger partial charge in [0.05, 0.1) is 6.04 Å². The molecule has 6 nitrogen and oxygen atoms in total. The molecule has 0 radical (unpaired) electrons. The molecule has 2 aliphatic heterocycles. The first-order chi connectivity index (χ1) is 12.6. The molecule has 0 aromatic heterocycles. The third-order valence-corrected chi connectivity index (χ3v) is 5.65. The fraction of sp³-hybridized carbons (Fsp3) is 0.600. The van der Waals surface area contributed by atoms with Crippen molar-refractivity contribution in [1.82, 2.24) is 14.7 Å². The predicted molar refractivity (Wildman–Crippen MR) is 103 cm³/mol. The number of rotatable bonds is 5. The van der Waals surface area contributed by atoms with Gasteiger partial charge in [-0.2, -0.15) is 0 Å². The molecule has 2 fully saturated rings. The van der Waals surface area contributed by atoms with Crippen molar-refractivity contribution in [3.05, 3.63) is 29.8 Å². The van der Waals surface area contributed by atoms with E-state index in [0.717, 1.165) is 50.3 Å². The van der Waals surface area contributed by atoms with Crippen LogP contribution < -0.4 is 5.73 Å². The molecular formula is C20H30N4O2. The van der Waals surface area contributed by atoms with E-state index in [4.69, 9.17) is 5.73 Å². The van der Waals surface area contributed by atoms with Gasteiger partial charge in [-0.25, -0.2) is 0 Å². The Morgan fingerprint density at radius 1 is 1.00 bits per heavy atom. The molecule has 0 spiro atoms. The summed E-state index contributed by atoms with van der Waals surface area (Å²) in [4.78, 5) is 31.1. The van der Waals surface area contributed by atoms with Crippen LogP contribution in [0.1, 0.15) is 31.7 Å². The number of para-hydroxylation sites is 1. The first-order valence-corrected chi connectivity index (χ1v) is 9.70. The molecule has 1 atom stereocenters. The molecule has 26 heavy (non-hydrogen) atoms. The molecule has 1 aromatic carbocycles. The molecule has 2 heterocycles. The van der Waals surface area contributed by atoms with Crippen LogP contribution in [-0.2, 0) is 16.0 Å². The lowest BCUT2D eigenvalue weighted by Crippen LogP contribution is -2.55. The minimum Gasteiger partial charge on any atom is -0.399 e. The minimum atomic E-state index is -0.0885. The van der Waals surface area contributed by atoms with E-state index in [2.05, 4.69) is 4.90 Å². The number of likely N-dealkylation sites (tertiary alicyclic amines) is 1. The summed E-state index contributed by atoms with van der Waals surface area (Å²) in [5, 5.41) is 0. The highest BCUT2D eigenvalue weighted by atomic mass is 16.2. The zero-order valence-electron chi connectivity index (χ0n) is 15.7. The number of carbonyl (C=O) groups is 2. The lowest BCUT2D eigenvalue weighted by atomic mass is 10.1. The van der Waals surface area contributed by atoms with Crippen molar-refractivity contribution < 1.29 is 9.59 Å². The molecule has 6 heteroatoms. The van der Waals surface area contributed by atoms with Gasteiger partial charge in [-0.1, -0.05) is 18.2 Å². The van der Waals surface area contributed by atoms with Gasteiger partial charge in [-0.15, -0.1) is 0 Å². The van der Waals surface area contributed by atoms with Gasteiger partial charge in [0.1, 0.15) is 0 Å². The highest BCUT2D eigenvalue weighted by Crippen LogP contribution is 2.16. The Morgan fingerprint density at radius 3 is 2.31 bits per heavy atom. The Hall–Kier alpha value is -2.08. The number of piperazine rings is 1. The van der Waals surface area contributed by atoms with Crippen molar-refractivity contribution in [2.45, 2.75) is 38.6 Å². The van der Waals surface area contributed by atoms with Crippen LogP contribution >= 0.6 is 0 Å². The minimum absolute atomic E-state index is 0.0885. The average molecular weight is 358 g/mol. The second kappa shape index (κ2) is 8.54. The van der Waals surface area contributed by atoms with Crippen molar-refractivity contribution in [3.63, 3.8) is 0 Å². The topological polar surface area (TPSA) is 69.9 Å². The van der Waals surface area contributed by atoms with E-state index < -0.39 is 0 Å². The van der Waals surface area contributed by atoms with Gasteiger partial charge in [0, 0.05) is 51.4 Å². The Labute approximate surface area is 155 Å². The van der Waals surface area contributed by atoms with Crippen LogP contribution in [0.15, 0.2) is 24.3 Å². The van der Waals surface area contributed by atoms with Gasteiger partial charge in [0.2, 0.25) is 11.8 Å². The third kappa shape index (κ3) is 4.36. The Morgan fingerprint density at radius 2 is 1.65 bits per heavy atom. The summed E-state index contributed by atoms with van der Waals surface area (Å²) in [7, 11) is 0. The lowest BCUT2D eigenvalue weighted by molar-refractivity contribution is -0.138. The molecule has 0 aliphatic carbocycles. The molecule has 2 saturated heterocycles. The number of hydrogen-bond acceptors (Lipinski definition) is 4. The average Bonchev–Trinajstić information content (AvgIpc) is 3.21. The summed E-state index contributed by atoms with van der Waals surface area (Å²) < 4.78 is 0. The number of anilines is 1. The predicted octanol–water partition coefficient (Wildman–Crippen LogP) is 1.36. The van der Waals surface area contributed by atoms with Crippen molar-refractivity contribution in [3.8, 4) is 0 Å². The van der Waals surface area contributed by atoms with Crippen LogP contribution in [0.3, 0.4) is 0 Å². The molecule has 2 amide bonds. The molecule has 0 bridgehead atoms. The number of carbonyl (C=O) groups excluding carboxylic acids is 2. The quantitative estimate of drug-likeness (QED) is 0.807. The zero-order chi connectivity index (χ0) is 18.5. The van der Waals surface area contributed by atoms with E-state index in [1.807, 2.05) is 41.0 Å². The molecule has 1 unspecified atom stereocenters. The van der Waals surface area contributed by atoms with Crippen LogP contribution in [0.2, 0.25) is 0 Å². The Kier molecular flexibility index (Phi) is 6.14. The maximum atomic E-state index is 12.5. The number of nitrogens with two attached hydrogens (primary N) is 1. The van der Waals surface area contributed by atoms with E-state index >= 15 is 0 Å². The standard InChI is InChI=1S/C20H30N4O2/c1-16(20(26)24-10-4-5-11-24)22-12-14-23(15-13-22)19(25)9-8-17-6-2-3-7-18(17)21/h2-3,6-7,16H,4-5,8-15,21H2,1H3. The fourth-order valence-corrected chi connectivity index (χ4v) is 3.88. The molecule has 142 valence electrons. The number of nitrogen functional groups attached to an aromatic ring is 1. The summed E-state index contributed by atoms with van der Waals surface area (Å²) in [6, 6.07) is 7.62. The number of hydrogen-bond donors (Lipinski definition) is 1. The Balaban J connectivity index is 1.44. The smallest absolute Gasteiger partial charge is 0.239 e. The van der Waals surface area contributed by atoms with Crippen molar-refractivity contribution in [1.29, 1.82) is 0 Å². The summed E-state index contributed by atoms with van der Waals surface area (Å²) in [5.41, 5.74) is 7.73. The van der Waals surface area contributed by atoms with Gasteiger partial charge in [-0.05, 0) is 37.8 Å². The van der Waals surface area contributed by atoms with Gasteiger partial charge in [0.25, 0.3) is 0 Å². The van der Waals surface area contributed by atoms with Crippen molar-refractivity contribution >= 4 is 17.5 Å². The highest BCUT2D eigenvalue weighted by molar-refractivity contribution is 5.82. The molecule has 2 aliphatic rings. The Bertz CT molecular complexity index is 634. The second-order valence-corrected chi connectivity index (χ2v) is 7.32. The molecule has 2 N–H and O–H groups in total. The van der Waals surface area contributed by atoms with E-state index in [0.29, 0.717) is 25.9 Å². The van der Waals surface area contributed by atoms with E-state index in [1.165, 1.54) is 0 Å². The summed E-state index contributed by atoms with van der Waals surface area (Å²) in [6.45, 7) is 6.70. The van der Waals surface area contributed by atoms with E-state index in [9.17, 15) is 9.59 Å². The maximum Gasteiger partial charge on any atom is 0.239 e. The van der Waals surface area contributed by atoms with E-state index in [-0.39, 0.29) is 17.9 Å². The normalized spacial score (nSPS) is 19.6. The van der Waals surface area contributed by atoms with Crippen molar-refractivity contribution in [2.75, 3.05) is 45.0 Å². The van der Waals surface area contributed by atoms with Crippen LogP contribution in [0.4, 0.5) is 5.69 Å². The summed E-state index contributed by atoms with van der Waals surface area (Å²) >= 11 is 0. The third-order valence-electron chi connectivity index (χ3n) is 5.65. The summed E-state index contributed by atoms with van der Waals surface area (Å²) in [5.74, 6) is 0.410. The van der Waals surface area contributed by atoms with Crippen LogP contribution in [0.25, 0.3) is 0 Å². The van der Waals surface area contributed by atoms with Crippen LogP contribution in [-0.4, -0.2) is 71.8 Å². The number of nitrogens with zero attached hydrogens (tertiary/aromatic N) is 3. The number of amides is 2. The monoisotopic (exact) mass is 358 g/mol. The SMILES string of the molecule is CC(C(=O)N1CCCC1)N1CCN(C(=O)CCc2ccccc2N)CC1. The highest BCUT2D eigenvalue weighted by Gasteiger charge is 2.30. The molecule has 1 aromatic rings. The maximum absolute atomic E-state index is 12.5. The second-order valence-electron chi connectivity index (χ2n) is 7.32. The largest absolute Gasteiger partial charge is 0.399 e. The number of aryl methyl sites for hydroxylation is 1. The first-order valence-electron chi connectivity index (χ1n) is 9.70. The van der Waals surface area contributed by atoms with E-state index in [1.54, 1.807) is 0 Å². The van der Waals surface area contributed by atoms with Gasteiger partial charge in [0.15, 0.2) is 0 Å². The van der Waals surface area contributed by atoms with Gasteiger partial charge in [-0.3, -0.25) is 14.5 Å². The fourth-order valence-electron chi connectivity index (χ4n) is 3.88. The summed E-state index contributed by atoms with van der Waals surface area (Å²) in [6.07, 6.45) is 3.39. The molecule has 0 saturated carbocycles. The lowest BCUT2D eigenvalue weighted by Gasteiger charge is -2.38.